The lowest BCUT2D eigenvalue weighted by molar-refractivity contribution is -0.139. The molecule has 7 nitrogen and oxygen atoms in total. The predicted molar refractivity (Wildman–Crippen MR) is 65.6 cm³/mol. The highest BCUT2D eigenvalue weighted by Crippen LogP contribution is 2.39. The smallest absolute Gasteiger partial charge is 0.322 e. The summed E-state index contributed by atoms with van der Waals surface area (Å²) in [7, 11) is 0. The number of hydrogen-bond acceptors (Lipinski definition) is 5. The molecule has 19 heavy (non-hydrogen) atoms. The van der Waals surface area contributed by atoms with E-state index in [0.29, 0.717) is 11.8 Å². The number of nitrogens with zero attached hydrogens (tertiary/aromatic N) is 2. The van der Waals surface area contributed by atoms with Gasteiger partial charge in [-0.05, 0) is 18.3 Å². The maximum absolute atomic E-state index is 11.8. The molecule has 104 valence electrons. The van der Waals surface area contributed by atoms with E-state index < -0.39 is 11.4 Å². The van der Waals surface area contributed by atoms with Gasteiger partial charge in [-0.25, -0.2) is 0 Å². The molecule has 0 radical (unpaired) electrons. The Morgan fingerprint density at radius 3 is 2.63 bits per heavy atom. The quantitative estimate of drug-likeness (QED) is 0.813. The molecule has 1 aliphatic rings. The van der Waals surface area contributed by atoms with E-state index in [1.54, 1.807) is 13.8 Å². The average Bonchev–Trinajstić information content (AvgIpc) is 2.97. The third kappa shape index (κ3) is 4.04. The highest BCUT2D eigenvalue weighted by atomic mass is 16.4. The second kappa shape index (κ2) is 4.99. The lowest BCUT2D eigenvalue weighted by atomic mass is 9.85. The fraction of sp³-hybridized carbons (Fsp3) is 0.667. The van der Waals surface area contributed by atoms with E-state index in [2.05, 4.69) is 15.5 Å². The van der Waals surface area contributed by atoms with Gasteiger partial charge in [0.05, 0.1) is 6.42 Å². The molecule has 1 aromatic heterocycles. The van der Waals surface area contributed by atoms with Crippen molar-refractivity contribution in [3.63, 3.8) is 0 Å². The van der Waals surface area contributed by atoms with Gasteiger partial charge in [-0.2, -0.15) is 0 Å². The second-order valence-electron chi connectivity index (χ2n) is 5.68. The summed E-state index contributed by atoms with van der Waals surface area (Å²) < 4.78 is 5.30. The maximum Gasteiger partial charge on any atom is 0.322 e. The maximum atomic E-state index is 11.8. The van der Waals surface area contributed by atoms with Crippen molar-refractivity contribution >= 4 is 17.9 Å². The highest BCUT2D eigenvalue weighted by molar-refractivity contribution is 5.89. The van der Waals surface area contributed by atoms with Crippen molar-refractivity contribution in [3.05, 3.63) is 5.89 Å². The number of carboxylic acid groups (broad SMARTS) is 1. The molecule has 0 saturated heterocycles. The number of carbonyl (C=O) groups is 2. The first-order chi connectivity index (χ1) is 8.85. The van der Waals surface area contributed by atoms with Gasteiger partial charge in [0, 0.05) is 12.3 Å². The summed E-state index contributed by atoms with van der Waals surface area (Å²) >= 11 is 0. The van der Waals surface area contributed by atoms with Gasteiger partial charge >= 0.3 is 12.0 Å². The zero-order chi connectivity index (χ0) is 14.0. The monoisotopic (exact) mass is 267 g/mol. The SMILES string of the molecule is CC(C)(CC(=O)O)CC(=O)Nc1nnc(C2CC2)o1. The van der Waals surface area contributed by atoms with Crippen LogP contribution in [0.4, 0.5) is 6.01 Å². The zero-order valence-corrected chi connectivity index (χ0v) is 11.0. The second-order valence-corrected chi connectivity index (χ2v) is 5.68. The molecule has 0 aromatic carbocycles. The number of hydrogen-bond donors (Lipinski definition) is 2. The van der Waals surface area contributed by atoms with Crippen molar-refractivity contribution in [3.8, 4) is 0 Å². The number of anilines is 1. The van der Waals surface area contributed by atoms with Gasteiger partial charge in [0.25, 0.3) is 0 Å². The van der Waals surface area contributed by atoms with Crippen LogP contribution in [0.25, 0.3) is 0 Å². The first-order valence-electron chi connectivity index (χ1n) is 6.21. The minimum atomic E-state index is -0.924. The number of rotatable bonds is 6. The van der Waals surface area contributed by atoms with E-state index in [9.17, 15) is 9.59 Å². The molecule has 2 rings (SSSR count). The molecule has 0 atom stereocenters. The molecule has 0 unspecified atom stereocenters. The summed E-state index contributed by atoms with van der Waals surface area (Å²) in [5.74, 6) is -0.356. The number of nitrogens with one attached hydrogen (secondary N) is 1. The molecule has 1 aliphatic carbocycles. The molecule has 1 fully saturated rings. The van der Waals surface area contributed by atoms with E-state index in [-0.39, 0.29) is 24.8 Å². The Bertz CT molecular complexity index is 491. The Morgan fingerprint density at radius 2 is 2.05 bits per heavy atom. The Balaban J connectivity index is 1.87. The van der Waals surface area contributed by atoms with Crippen LogP contribution in [0, 0.1) is 5.41 Å². The molecule has 2 N–H and O–H groups in total. The number of amides is 1. The van der Waals surface area contributed by atoms with Crippen LogP contribution in [0.3, 0.4) is 0 Å². The van der Waals surface area contributed by atoms with Crippen LogP contribution in [0.5, 0.6) is 0 Å². The standard InChI is InChI=1S/C12H17N3O4/c1-12(2,6-9(17)18)5-8(16)13-11-15-14-10(19-11)7-3-4-7/h7H,3-6H2,1-2H3,(H,17,18)(H,13,15,16). The van der Waals surface area contributed by atoms with Crippen molar-refractivity contribution in [1.82, 2.24) is 10.2 Å². The first kappa shape index (κ1) is 13.5. The minimum Gasteiger partial charge on any atom is -0.481 e. The molecular weight excluding hydrogens is 250 g/mol. The van der Waals surface area contributed by atoms with Crippen LogP contribution < -0.4 is 5.32 Å². The fourth-order valence-electron chi connectivity index (χ4n) is 1.85. The predicted octanol–water partition coefficient (Wildman–Crippen LogP) is 1.78. The number of aromatic nitrogens is 2. The normalized spacial score (nSPS) is 15.3. The van der Waals surface area contributed by atoms with Crippen molar-refractivity contribution < 1.29 is 19.1 Å². The molecule has 1 amide bonds. The lowest BCUT2D eigenvalue weighted by Gasteiger charge is -2.20. The van der Waals surface area contributed by atoms with Crippen LogP contribution in [-0.4, -0.2) is 27.2 Å². The van der Waals surface area contributed by atoms with Crippen molar-refractivity contribution in [2.45, 2.75) is 45.4 Å². The molecule has 7 heteroatoms. The summed E-state index contributed by atoms with van der Waals surface area (Å²) in [5, 5.41) is 18.8. The van der Waals surface area contributed by atoms with Gasteiger partial charge in [-0.15, -0.1) is 5.10 Å². The average molecular weight is 267 g/mol. The van der Waals surface area contributed by atoms with E-state index in [0.717, 1.165) is 12.8 Å². The summed E-state index contributed by atoms with van der Waals surface area (Å²) in [5.41, 5.74) is -0.616. The van der Waals surface area contributed by atoms with Crippen LogP contribution in [0.1, 0.15) is 51.3 Å². The Labute approximate surface area is 110 Å². The number of aliphatic carboxylic acids is 1. The molecular formula is C12H17N3O4. The fourth-order valence-corrected chi connectivity index (χ4v) is 1.85. The Kier molecular flexibility index (Phi) is 3.55. The van der Waals surface area contributed by atoms with Crippen LogP contribution in [-0.2, 0) is 9.59 Å². The highest BCUT2D eigenvalue weighted by Gasteiger charge is 2.30. The number of carboxylic acids is 1. The number of carbonyl (C=O) groups excluding carboxylic acids is 1. The van der Waals surface area contributed by atoms with E-state index >= 15 is 0 Å². The largest absolute Gasteiger partial charge is 0.481 e. The molecule has 0 bridgehead atoms. The van der Waals surface area contributed by atoms with Gasteiger partial charge < -0.3 is 9.52 Å². The molecule has 0 aliphatic heterocycles. The summed E-state index contributed by atoms with van der Waals surface area (Å²) in [6, 6.07) is 0.0815. The minimum absolute atomic E-state index is 0.0718. The molecule has 0 spiro atoms. The first-order valence-corrected chi connectivity index (χ1v) is 6.21. The van der Waals surface area contributed by atoms with Gasteiger partial charge in [0.15, 0.2) is 0 Å². The van der Waals surface area contributed by atoms with Gasteiger partial charge in [-0.1, -0.05) is 18.9 Å². The van der Waals surface area contributed by atoms with Crippen molar-refractivity contribution in [2.75, 3.05) is 5.32 Å². The Hall–Kier alpha value is -1.92. The molecule has 1 aromatic rings. The van der Waals surface area contributed by atoms with Gasteiger partial charge in [-0.3, -0.25) is 14.9 Å². The lowest BCUT2D eigenvalue weighted by Crippen LogP contribution is -2.24. The van der Waals surface area contributed by atoms with E-state index in [4.69, 9.17) is 9.52 Å². The van der Waals surface area contributed by atoms with Crippen LogP contribution in [0.15, 0.2) is 4.42 Å². The zero-order valence-electron chi connectivity index (χ0n) is 11.0. The van der Waals surface area contributed by atoms with E-state index in [1.165, 1.54) is 0 Å². The van der Waals surface area contributed by atoms with Crippen molar-refractivity contribution in [2.24, 2.45) is 5.41 Å². The van der Waals surface area contributed by atoms with Crippen LogP contribution >= 0.6 is 0 Å². The summed E-state index contributed by atoms with van der Waals surface area (Å²) in [4.78, 5) is 22.4. The molecule has 1 saturated carbocycles. The summed E-state index contributed by atoms with van der Waals surface area (Å²) in [6.07, 6.45) is 2.10. The van der Waals surface area contributed by atoms with Gasteiger partial charge in [0.1, 0.15) is 0 Å². The van der Waals surface area contributed by atoms with E-state index in [1.807, 2.05) is 0 Å². The summed E-state index contributed by atoms with van der Waals surface area (Å²) in [6.45, 7) is 3.45. The van der Waals surface area contributed by atoms with Crippen molar-refractivity contribution in [1.29, 1.82) is 0 Å². The molecule has 1 heterocycles. The van der Waals surface area contributed by atoms with Gasteiger partial charge in [0.2, 0.25) is 11.8 Å². The topological polar surface area (TPSA) is 105 Å². The third-order valence-electron chi connectivity index (χ3n) is 2.88. The third-order valence-corrected chi connectivity index (χ3v) is 2.88. The van der Waals surface area contributed by atoms with Crippen LogP contribution in [0.2, 0.25) is 0 Å². The Morgan fingerprint density at radius 1 is 1.37 bits per heavy atom.